The Labute approximate surface area is 118 Å². The molecule has 1 atom stereocenters. The zero-order valence-electron chi connectivity index (χ0n) is 11.5. The topological polar surface area (TPSA) is 92.4 Å². The second kappa shape index (κ2) is 8.12. The van der Waals surface area contributed by atoms with Crippen LogP contribution in [0.2, 0.25) is 0 Å². The normalized spacial score (nSPS) is 12.3. The smallest absolute Gasteiger partial charge is 0.248 e. The van der Waals surface area contributed by atoms with E-state index in [1.807, 2.05) is 6.92 Å². The summed E-state index contributed by atoms with van der Waals surface area (Å²) in [6, 6.07) is 6.64. The molecule has 1 unspecified atom stereocenters. The van der Waals surface area contributed by atoms with Crippen LogP contribution < -0.4 is 11.1 Å². The van der Waals surface area contributed by atoms with Crippen molar-refractivity contribution in [1.82, 2.24) is 5.32 Å². The molecule has 0 aliphatic carbocycles. The SMILES string of the molecule is CCC(CCO)NC(=O)/C=C/c1ccc(C(N)=O)cc1. The maximum atomic E-state index is 11.7. The quantitative estimate of drug-likeness (QED) is 0.650. The fraction of sp³-hybridized carbons (Fsp3) is 0.333. The van der Waals surface area contributed by atoms with Crippen molar-refractivity contribution in [2.24, 2.45) is 5.73 Å². The molecule has 108 valence electrons. The van der Waals surface area contributed by atoms with Gasteiger partial charge in [-0.1, -0.05) is 19.1 Å². The molecule has 1 rings (SSSR count). The Morgan fingerprint density at radius 1 is 1.35 bits per heavy atom. The molecule has 5 nitrogen and oxygen atoms in total. The van der Waals surface area contributed by atoms with Gasteiger partial charge in [0.2, 0.25) is 11.8 Å². The summed E-state index contributed by atoms with van der Waals surface area (Å²) in [6.45, 7) is 2.00. The predicted octanol–water partition coefficient (Wildman–Crippen LogP) is 1.08. The molecule has 1 aromatic carbocycles. The van der Waals surface area contributed by atoms with E-state index in [0.717, 1.165) is 12.0 Å². The highest BCUT2D eigenvalue weighted by Gasteiger charge is 2.07. The van der Waals surface area contributed by atoms with Gasteiger partial charge in [-0.05, 0) is 36.6 Å². The first-order chi connectivity index (χ1) is 9.56. The Bertz CT molecular complexity index is 480. The van der Waals surface area contributed by atoms with Crippen molar-refractivity contribution < 1.29 is 14.7 Å². The first-order valence-corrected chi connectivity index (χ1v) is 6.56. The predicted molar refractivity (Wildman–Crippen MR) is 77.9 cm³/mol. The average Bonchev–Trinajstić information content (AvgIpc) is 2.45. The average molecular weight is 276 g/mol. The summed E-state index contributed by atoms with van der Waals surface area (Å²) in [5.41, 5.74) is 6.38. The molecule has 0 spiro atoms. The molecule has 20 heavy (non-hydrogen) atoms. The Kier molecular flexibility index (Phi) is 6.46. The van der Waals surface area contributed by atoms with Gasteiger partial charge in [0.05, 0.1) is 0 Å². The van der Waals surface area contributed by atoms with Crippen LogP contribution in [-0.2, 0) is 4.79 Å². The third-order valence-corrected chi connectivity index (χ3v) is 2.94. The summed E-state index contributed by atoms with van der Waals surface area (Å²) in [5, 5.41) is 11.7. The van der Waals surface area contributed by atoms with Crippen molar-refractivity contribution >= 4 is 17.9 Å². The molecule has 0 radical (unpaired) electrons. The molecule has 0 fully saturated rings. The monoisotopic (exact) mass is 276 g/mol. The number of amides is 2. The highest BCUT2D eigenvalue weighted by Crippen LogP contribution is 2.06. The molecule has 0 saturated carbocycles. The molecule has 0 bridgehead atoms. The van der Waals surface area contributed by atoms with Crippen molar-refractivity contribution in [3.8, 4) is 0 Å². The number of rotatable bonds is 7. The van der Waals surface area contributed by atoms with Gasteiger partial charge < -0.3 is 16.2 Å². The first kappa shape index (κ1) is 15.9. The molecule has 2 amide bonds. The maximum absolute atomic E-state index is 11.7. The number of hydrogen-bond donors (Lipinski definition) is 3. The second-order valence-corrected chi connectivity index (χ2v) is 4.45. The van der Waals surface area contributed by atoms with Gasteiger partial charge in [0.1, 0.15) is 0 Å². The Hall–Kier alpha value is -2.14. The maximum Gasteiger partial charge on any atom is 0.248 e. The van der Waals surface area contributed by atoms with Crippen LogP contribution in [0.3, 0.4) is 0 Å². The second-order valence-electron chi connectivity index (χ2n) is 4.45. The van der Waals surface area contributed by atoms with Crippen LogP contribution >= 0.6 is 0 Å². The van der Waals surface area contributed by atoms with Crippen LogP contribution in [-0.4, -0.2) is 29.6 Å². The molecule has 0 aliphatic heterocycles. The van der Waals surface area contributed by atoms with Gasteiger partial charge in [-0.25, -0.2) is 0 Å². The summed E-state index contributed by atoms with van der Waals surface area (Å²) in [5.74, 6) is -0.683. The van der Waals surface area contributed by atoms with E-state index in [2.05, 4.69) is 5.32 Å². The number of hydrogen-bond acceptors (Lipinski definition) is 3. The molecule has 5 heteroatoms. The van der Waals surface area contributed by atoms with E-state index in [4.69, 9.17) is 10.8 Å². The minimum Gasteiger partial charge on any atom is -0.396 e. The van der Waals surface area contributed by atoms with Crippen molar-refractivity contribution in [3.63, 3.8) is 0 Å². The van der Waals surface area contributed by atoms with Crippen LogP contribution in [0.15, 0.2) is 30.3 Å². The molecule has 4 N–H and O–H groups in total. The van der Waals surface area contributed by atoms with Crippen molar-refractivity contribution in [3.05, 3.63) is 41.5 Å². The molecule has 0 aliphatic rings. The molecular formula is C15H20N2O3. The van der Waals surface area contributed by atoms with Gasteiger partial charge in [0.15, 0.2) is 0 Å². The van der Waals surface area contributed by atoms with Crippen LogP contribution in [0.1, 0.15) is 35.7 Å². The number of benzene rings is 1. The Morgan fingerprint density at radius 3 is 2.50 bits per heavy atom. The zero-order chi connectivity index (χ0) is 15.0. The van der Waals surface area contributed by atoms with E-state index in [1.54, 1.807) is 30.3 Å². The summed E-state index contributed by atoms with van der Waals surface area (Å²) >= 11 is 0. The number of nitrogens with one attached hydrogen (secondary N) is 1. The number of aliphatic hydroxyl groups is 1. The van der Waals surface area contributed by atoms with Gasteiger partial charge in [-0.3, -0.25) is 9.59 Å². The fourth-order valence-corrected chi connectivity index (χ4v) is 1.71. The van der Waals surface area contributed by atoms with Crippen LogP contribution in [0.4, 0.5) is 0 Å². The molecular weight excluding hydrogens is 256 g/mol. The third-order valence-electron chi connectivity index (χ3n) is 2.94. The zero-order valence-corrected chi connectivity index (χ0v) is 11.5. The van der Waals surface area contributed by atoms with Crippen molar-refractivity contribution in [2.45, 2.75) is 25.8 Å². The number of carbonyl (C=O) groups is 2. The number of carbonyl (C=O) groups excluding carboxylic acids is 2. The Balaban J connectivity index is 2.58. The highest BCUT2D eigenvalue weighted by molar-refractivity contribution is 5.94. The van der Waals surface area contributed by atoms with E-state index >= 15 is 0 Å². The lowest BCUT2D eigenvalue weighted by Crippen LogP contribution is -2.33. The van der Waals surface area contributed by atoms with E-state index in [9.17, 15) is 9.59 Å². The van der Waals surface area contributed by atoms with Gasteiger partial charge in [-0.15, -0.1) is 0 Å². The molecule has 1 aromatic rings. The fourth-order valence-electron chi connectivity index (χ4n) is 1.71. The van der Waals surface area contributed by atoms with Gasteiger partial charge >= 0.3 is 0 Å². The molecule has 0 saturated heterocycles. The number of aliphatic hydroxyl groups excluding tert-OH is 1. The summed E-state index contributed by atoms with van der Waals surface area (Å²) < 4.78 is 0. The summed E-state index contributed by atoms with van der Waals surface area (Å²) in [4.78, 5) is 22.6. The minimum atomic E-state index is -0.479. The van der Waals surface area contributed by atoms with Crippen LogP contribution in [0, 0.1) is 0 Å². The number of primary amides is 1. The largest absolute Gasteiger partial charge is 0.396 e. The van der Waals surface area contributed by atoms with Crippen molar-refractivity contribution in [1.29, 1.82) is 0 Å². The summed E-state index contributed by atoms with van der Waals surface area (Å²) in [6.07, 6.45) is 4.40. The first-order valence-electron chi connectivity index (χ1n) is 6.56. The number of nitrogens with two attached hydrogens (primary N) is 1. The minimum absolute atomic E-state index is 0.0191. The Morgan fingerprint density at radius 2 is 2.00 bits per heavy atom. The standard InChI is InChI=1S/C15H20N2O3/c1-2-13(9-10-18)17-14(19)8-5-11-3-6-12(7-4-11)15(16)20/h3-8,13,18H,2,9-10H2,1H3,(H2,16,20)(H,17,19)/b8-5+. The van der Waals surface area contributed by atoms with Crippen LogP contribution in [0.25, 0.3) is 6.08 Å². The lowest BCUT2D eigenvalue weighted by atomic mass is 10.1. The van der Waals surface area contributed by atoms with E-state index in [-0.39, 0.29) is 18.6 Å². The van der Waals surface area contributed by atoms with E-state index in [1.165, 1.54) is 6.08 Å². The van der Waals surface area contributed by atoms with Crippen molar-refractivity contribution in [2.75, 3.05) is 6.61 Å². The summed E-state index contributed by atoms with van der Waals surface area (Å²) in [7, 11) is 0. The van der Waals surface area contributed by atoms with Gasteiger partial charge in [-0.2, -0.15) is 0 Å². The molecule has 0 aromatic heterocycles. The lowest BCUT2D eigenvalue weighted by molar-refractivity contribution is -0.117. The van der Waals surface area contributed by atoms with Gasteiger partial charge in [0.25, 0.3) is 0 Å². The van der Waals surface area contributed by atoms with Gasteiger partial charge in [0, 0.05) is 24.3 Å². The third kappa shape index (κ3) is 5.24. The molecule has 0 heterocycles. The lowest BCUT2D eigenvalue weighted by Gasteiger charge is -2.13. The van der Waals surface area contributed by atoms with E-state index < -0.39 is 5.91 Å². The highest BCUT2D eigenvalue weighted by atomic mass is 16.3. The van der Waals surface area contributed by atoms with E-state index in [0.29, 0.717) is 12.0 Å². The van der Waals surface area contributed by atoms with Crippen LogP contribution in [0.5, 0.6) is 0 Å².